The summed E-state index contributed by atoms with van der Waals surface area (Å²) in [6, 6.07) is 1.64. The number of hydrogen-bond acceptors (Lipinski definition) is 2. The van der Waals surface area contributed by atoms with E-state index in [-0.39, 0.29) is 23.1 Å². The smallest absolute Gasteiger partial charge is 0.242 e. The van der Waals surface area contributed by atoms with E-state index < -0.39 is 0 Å². The number of nitrogens with zero attached hydrogens (tertiary/aromatic N) is 1. The van der Waals surface area contributed by atoms with Crippen molar-refractivity contribution in [3.05, 3.63) is 23.0 Å². The van der Waals surface area contributed by atoms with E-state index in [1.54, 1.807) is 7.05 Å². The average Bonchev–Trinajstić information content (AvgIpc) is 2.62. The molecule has 0 aliphatic heterocycles. The van der Waals surface area contributed by atoms with Crippen molar-refractivity contribution in [2.45, 2.75) is 46.6 Å². The molecule has 4 nitrogen and oxygen atoms in total. The summed E-state index contributed by atoms with van der Waals surface area (Å²) in [5.74, 6) is 0.162. The SMILES string of the molecule is CNC(=O)C(C)n1c(C)cc2c1CC(C)(C)CC2=O. The van der Waals surface area contributed by atoms with Crippen molar-refractivity contribution < 1.29 is 9.59 Å². The Morgan fingerprint density at radius 3 is 2.63 bits per heavy atom. The maximum absolute atomic E-state index is 12.2. The number of nitrogens with one attached hydrogen (secondary N) is 1. The van der Waals surface area contributed by atoms with Gasteiger partial charge in [-0.2, -0.15) is 0 Å². The van der Waals surface area contributed by atoms with E-state index >= 15 is 0 Å². The van der Waals surface area contributed by atoms with Crippen LogP contribution in [0, 0.1) is 12.3 Å². The van der Waals surface area contributed by atoms with Gasteiger partial charge in [-0.15, -0.1) is 0 Å². The standard InChI is InChI=1S/C15H22N2O2/c1-9-6-11-12(7-15(3,4)8-13(11)18)17(9)10(2)14(19)16-5/h6,10H,7-8H2,1-5H3,(H,16,19). The number of aryl methyl sites for hydroxylation is 1. The van der Waals surface area contributed by atoms with Crippen molar-refractivity contribution in [2.75, 3.05) is 7.05 Å². The number of hydrogen-bond donors (Lipinski definition) is 1. The fraction of sp³-hybridized carbons (Fsp3) is 0.600. The Morgan fingerprint density at radius 2 is 2.05 bits per heavy atom. The van der Waals surface area contributed by atoms with Crippen LogP contribution in [0.4, 0.5) is 0 Å². The Morgan fingerprint density at radius 1 is 1.42 bits per heavy atom. The molecule has 1 aromatic rings. The van der Waals surface area contributed by atoms with Crippen LogP contribution in [0.3, 0.4) is 0 Å². The molecule has 19 heavy (non-hydrogen) atoms. The quantitative estimate of drug-likeness (QED) is 0.888. The number of carbonyl (C=O) groups is 2. The molecule has 0 radical (unpaired) electrons. The first-order valence-corrected chi connectivity index (χ1v) is 6.72. The maximum Gasteiger partial charge on any atom is 0.242 e. The summed E-state index contributed by atoms with van der Waals surface area (Å²) in [6.07, 6.45) is 1.42. The van der Waals surface area contributed by atoms with Crippen LogP contribution in [-0.2, 0) is 11.2 Å². The summed E-state index contributed by atoms with van der Waals surface area (Å²) in [6.45, 7) is 8.03. The third-order valence-corrected chi connectivity index (χ3v) is 3.93. The van der Waals surface area contributed by atoms with E-state index in [1.165, 1.54) is 0 Å². The van der Waals surface area contributed by atoms with Crippen LogP contribution in [0.1, 0.15) is 55.0 Å². The minimum Gasteiger partial charge on any atom is -0.357 e. The zero-order chi connectivity index (χ0) is 14.4. The van der Waals surface area contributed by atoms with Gasteiger partial charge in [0.25, 0.3) is 0 Å². The number of amides is 1. The molecule has 1 aromatic heterocycles. The summed E-state index contributed by atoms with van der Waals surface area (Å²) in [7, 11) is 1.64. The molecule has 0 bridgehead atoms. The molecule has 1 unspecified atom stereocenters. The van der Waals surface area contributed by atoms with Crippen LogP contribution in [0.2, 0.25) is 0 Å². The second-order valence-electron chi connectivity index (χ2n) is 6.25. The lowest BCUT2D eigenvalue weighted by Gasteiger charge is -2.31. The Balaban J connectivity index is 2.53. The van der Waals surface area contributed by atoms with Gasteiger partial charge in [-0.3, -0.25) is 9.59 Å². The van der Waals surface area contributed by atoms with Crippen LogP contribution >= 0.6 is 0 Å². The first kappa shape index (κ1) is 13.8. The zero-order valence-corrected chi connectivity index (χ0v) is 12.3. The lowest BCUT2D eigenvalue weighted by Crippen LogP contribution is -2.33. The first-order valence-electron chi connectivity index (χ1n) is 6.72. The molecule has 0 fully saturated rings. The van der Waals surface area contributed by atoms with Crippen molar-refractivity contribution in [1.82, 2.24) is 9.88 Å². The van der Waals surface area contributed by atoms with Crippen LogP contribution in [0.25, 0.3) is 0 Å². The predicted octanol–water partition coefficient (Wildman–Crippen LogP) is 2.26. The van der Waals surface area contributed by atoms with Crippen LogP contribution in [0.15, 0.2) is 6.07 Å². The monoisotopic (exact) mass is 262 g/mol. The van der Waals surface area contributed by atoms with Gasteiger partial charge >= 0.3 is 0 Å². The number of Topliss-reactive ketones (excluding diaryl/α,β-unsaturated/α-hetero) is 1. The van der Waals surface area contributed by atoms with Crippen LogP contribution in [0.5, 0.6) is 0 Å². The third kappa shape index (κ3) is 2.31. The molecule has 4 heteroatoms. The van der Waals surface area contributed by atoms with Gasteiger partial charge in [0, 0.05) is 30.4 Å². The summed E-state index contributed by atoms with van der Waals surface area (Å²) in [5, 5.41) is 2.67. The molecule has 1 amide bonds. The summed E-state index contributed by atoms with van der Waals surface area (Å²) in [5.41, 5.74) is 2.75. The van der Waals surface area contributed by atoms with E-state index in [2.05, 4.69) is 19.2 Å². The summed E-state index contributed by atoms with van der Waals surface area (Å²) < 4.78 is 2.01. The zero-order valence-electron chi connectivity index (χ0n) is 12.3. The van der Waals surface area contributed by atoms with Crippen molar-refractivity contribution in [2.24, 2.45) is 5.41 Å². The van der Waals surface area contributed by atoms with Gasteiger partial charge in [-0.1, -0.05) is 13.8 Å². The minimum absolute atomic E-state index is 0.0303. The molecule has 1 heterocycles. The fourth-order valence-corrected chi connectivity index (χ4v) is 3.04. The van der Waals surface area contributed by atoms with E-state index in [9.17, 15) is 9.59 Å². The molecular formula is C15H22N2O2. The summed E-state index contributed by atoms with van der Waals surface area (Å²) >= 11 is 0. The fourth-order valence-electron chi connectivity index (χ4n) is 3.04. The lowest BCUT2D eigenvalue weighted by atomic mass is 9.76. The normalized spacial score (nSPS) is 18.9. The highest BCUT2D eigenvalue weighted by atomic mass is 16.2. The number of ketones is 1. The molecule has 1 atom stereocenters. The average molecular weight is 262 g/mol. The van der Waals surface area contributed by atoms with Gasteiger partial charge < -0.3 is 9.88 Å². The first-order chi connectivity index (χ1) is 8.76. The largest absolute Gasteiger partial charge is 0.357 e. The van der Waals surface area contributed by atoms with Crippen molar-refractivity contribution in [3.8, 4) is 0 Å². The predicted molar refractivity (Wildman–Crippen MR) is 74.4 cm³/mol. The van der Waals surface area contributed by atoms with E-state index in [1.807, 2.05) is 24.5 Å². The number of carbonyl (C=O) groups excluding carboxylic acids is 2. The Hall–Kier alpha value is -1.58. The molecule has 0 saturated carbocycles. The Labute approximate surface area is 114 Å². The van der Waals surface area contributed by atoms with E-state index in [4.69, 9.17) is 0 Å². The number of rotatable bonds is 2. The molecular weight excluding hydrogens is 240 g/mol. The molecule has 2 rings (SSSR count). The van der Waals surface area contributed by atoms with E-state index in [0.717, 1.165) is 23.4 Å². The van der Waals surface area contributed by atoms with Crippen molar-refractivity contribution in [3.63, 3.8) is 0 Å². The highest BCUT2D eigenvalue weighted by Gasteiger charge is 2.35. The van der Waals surface area contributed by atoms with Gasteiger partial charge in [-0.25, -0.2) is 0 Å². The molecule has 104 valence electrons. The van der Waals surface area contributed by atoms with Crippen LogP contribution < -0.4 is 5.32 Å². The number of likely N-dealkylation sites (N-methyl/N-ethyl adjacent to an activating group) is 1. The van der Waals surface area contributed by atoms with Crippen LogP contribution in [-0.4, -0.2) is 23.3 Å². The van der Waals surface area contributed by atoms with Gasteiger partial charge in [-0.05, 0) is 31.7 Å². The molecule has 1 N–H and O–H groups in total. The van der Waals surface area contributed by atoms with E-state index in [0.29, 0.717) is 6.42 Å². The minimum atomic E-state index is -0.282. The van der Waals surface area contributed by atoms with Crippen molar-refractivity contribution >= 4 is 11.7 Å². The Bertz CT molecular complexity index is 541. The Kier molecular flexibility index (Phi) is 3.29. The third-order valence-electron chi connectivity index (χ3n) is 3.93. The van der Waals surface area contributed by atoms with Gasteiger partial charge in [0.1, 0.15) is 6.04 Å². The summed E-state index contributed by atoms with van der Waals surface area (Å²) in [4.78, 5) is 24.1. The second-order valence-corrected chi connectivity index (χ2v) is 6.25. The lowest BCUT2D eigenvalue weighted by molar-refractivity contribution is -0.123. The second kappa shape index (κ2) is 4.51. The van der Waals surface area contributed by atoms with Crippen molar-refractivity contribution in [1.29, 1.82) is 0 Å². The van der Waals surface area contributed by atoms with Gasteiger partial charge in [0.2, 0.25) is 5.91 Å². The molecule has 1 aliphatic carbocycles. The molecule has 0 saturated heterocycles. The highest BCUT2D eigenvalue weighted by molar-refractivity contribution is 5.99. The molecule has 0 spiro atoms. The van der Waals surface area contributed by atoms with Gasteiger partial charge in [0.05, 0.1) is 0 Å². The molecule has 1 aliphatic rings. The topological polar surface area (TPSA) is 51.1 Å². The number of fused-ring (bicyclic) bond motifs is 1. The maximum atomic E-state index is 12.2. The van der Waals surface area contributed by atoms with Gasteiger partial charge in [0.15, 0.2) is 5.78 Å². The number of aromatic nitrogens is 1. The molecule has 0 aromatic carbocycles. The highest BCUT2D eigenvalue weighted by Crippen LogP contribution is 2.37.